The van der Waals surface area contributed by atoms with E-state index in [0.29, 0.717) is 0 Å². The zero-order valence-electron chi connectivity index (χ0n) is 11.4. The highest BCUT2D eigenvalue weighted by Crippen LogP contribution is 2.30. The van der Waals surface area contributed by atoms with E-state index >= 15 is 0 Å². The summed E-state index contributed by atoms with van der Waals surface area (Å²) in [6.45, 7) is 5.72. The minimum Gasteiger partial charge on any atom is -0.497 e. The lowest BCUT2D eigenvalue weighted by Crippen LogP contribution is -2.28. The van der Waals surface area contributed by atoms with Crippen LogP contribution in [0.25, 0.3) is 0 Å². The summed E-state index contributed by atoms with van der Waals surface area (Å²) in [6.07, 6.45) is 0.722. The lowest BCUT2D eigenvalue weighted by molar-refractivity contribution is -0.127. The Morgan fingerprint density at radius 2 is 1.94 bits per heavy atom. The molecule has 1 aromatic rings. The second-order valence-corrected chi connectivity index (χ2v) is 4.94. The molecule has 0 aliphatic carbocycles. The number of nitriles is 1. The number of rotatable bonds is 5. The lowest BCUT2D eigenvalue weighted by atomic mass is 9.77. The summed E-state index contributed by atoms with van der Waals surface area (Å²) in [7, 11) is 1.59. The number of ether oxygens (including phenoxy) is 1. The lowest BCUT2D eigenvalue weighted by Gasteiger charge is -2.23. The van der Waals surface area contributed by atoms with Crippen molar-refractivity contribution >= 4 is 5.78 Å². The average molecular weight is 245 g/mol. The minimum absolute atomic E-state index is 0.0299. The van der Waals surface area contributed by atoms with E-state index in [2.05, 4.69) is 6.07 Å². The molecule has 18 heavy (non-hydrogen) atoms. The number of hydrogen-bond acceptors (Lipinski definition) is 3. The summed E-state index contributed by atoms with van der Waals surface area (Å²) >= 11 is 0. The largest absolute Gasteiger partial charge is 0.497 e. The van der Waals surface area contributed by atoms with Gasteiger partial charge in [0, 0.05) is 5.41 Å². The third-order valence-electron chi connectivity index (χ3n) is 3.39. The number of Topliss-reactive ketones (excluding diaryl/α,β-unsaturated/α-hetero) is 1. The molecule has 1 rings (SSSR count). The van der Waals surface area contributed by atoms with E-state index in [1.807, 2.05) is 20.8 Å². The van der Waals surface area contributed by atoms with Crippen LogP contribution >= 0.6 is 0 Å². The molecule has 96 valence electrons. The standard InChI is InChI=1S/C15H19NO2/c1-5-15(2,3)14(17)13(10-16)11-6-8-12(18-4)9-7-11/h6-9,13H,5H2,1-4H3. The number of carbonyl (C=O) groups is 1. The maximum atomic E-state index is 12.3. The normalized spacial score (nSPS) is 12.6. The van der Waals surface area contributed by atoms with E-state index in [0.717, 1.165) is 17.7 Å². The highest BCUT2D eigenvalue weighted by atomic mass is 16.5. The number of benzene rings is 1. The van der Waals surface area contributed by atoms with Crippen LogP contribution < -0.4 is 4.74 Å². The zero-order valence-corrected chi connectivity index (χ0v) is 11.4. The minimum atomic E-state index is -0.703. The quantitative estimate of drug-likeness (QED) is 0.799. The van der Waals surface area contributed by atoms with Gasteiger partial charge in [-0.2, -0.15) is 5.26 Å². The topological polar surface area (TPSA) is 50.1 Å². The van der Waals surface area contributed by atoms with Crippen molar-refractivity contribution in [3.05, 3.63) is 29.8 Å². The van der Waals surface area contributed by atoms with Gasteiger partial charge >= 0.3 is 0 Å². The molecule has 3 heteroatoms. The fourth-order valence-electron chi connectivity index (χ4n) is 1.65. The van der Waals surface area contributed by atoms with Crippen molar-refractivity contribution in [2.45, 2.75) is 33.1 Å². The van der Waals surface area contributed by atoms with Gasteiger partial charge in [0.1, 0.15) is 11.7 Å². The molecule has 1 atom stereocenters. The monoisotopic (exact) mass is 245 g/mol. The van der Waals surface area contributed by atoms with E-state index in [4.69, 9.17) is 4.74 Å². The second-order valence-electron chi connectivity index (χ2n) is 4.94. The highest BCUT2D eigenvalue weighted by molar-refractivity contribution is 5.92. The van der Waals surface area contributed by atoms with Crippen molar-refractivity contribution in [1.29, 1.82) is 5.26 Å². The summed E-state index contributed by atoms with van der Waals surface area (Å²) < 4.78 is 5.06. The number of methoxy groups -OCH3 is 1. The fraction of sp³-hybridized carbons (Fsp3) is 0.467. The van der Waals surface area contributed by atoms with Gasteiger partial charge in [-0.05, 0) is 24.1 Å². The van der Waals surface area contributed by atoms with Crippen LogP contribution in [0.4, 0.5) is 0 Å². The Bertz CT molecular complexity index is 454. The molecule has 1 unspecified atom stereocenters. The van der Waals surface area contributed by atoms with Gasteiger partial charge in [0.25, 0.3) is 0 Å². The van der Waals surface area contributed by atoms with Crippen LogP contribution in [0.1, 0.15) is 38.7 Å². The Morgan fingerprint density at radius 3 is 2.33 bits per heavy atom. The van der Waals surface area contributed by atoms with Gasteiger partial charge in [-0.25, -0.2) is 0 Å². The van der Waals surface area contributed by atoms with Gasteiger partial charge in [-0.15, -0.1) is 0 Å². The van der Waals surface area contributed by atoms with Gasteiger partial charge in [-0.3, -0.25) is 4.79 Å². The molecule has 0 heterocycles. The zero-order chi connectivity index (χ0) is 13.8. The maximum absolute atomic E-state index is 12.3. The summed E-state index contributed by atoms with van der Waals surface area (Å²) in [5.41, 5.74) is 0.255. The number of carbonyl (C=O) groups excluding carboxylic acids is 1. The molecule has 0 aliphatic heterocycles. The molecule has 0 fully saturated rings. The number of ketones is 1. The molecule has 0 amide bonds. The van der Waals surface area contributed by atoms with Crippen LogP contribution in [0.15, 0.2) is 24.3 Å². The van der Waals surface area contributed by atoms with Crippen molar-refractivity contribution in [2.75, 3.05) is 7.11 Å². The van der Waals surface area contributed by atoms with Gasteiger partial charge in [0.15, 0.2) is 5.78 Å². The van der Waals surface area contributed by atoms with E-state index in [1.165, 1.54) is 0 Å². The first-order valence-electron chi connectivity index (χ1n) is 6.04. The SMILES string of the molecule is CCC(C)(C)C(=O)C(C#N)c1ccc(OC)cc1. The Balaban J connectivity index is 3.03. The van der Waals surface area contributed by atoms with E-state index in [-0.39, 0.29) is 5.78 Å². The van der Waals surface area contributed by atoms with Crippen LogP contribution in [-0.4, -0.2) is 12.9 Å². The fourth-order valence-corrected chi connectivity index (χ4v) is 1.65. The molecule has 0 saturated carbocycles. The predicted molar refractivity (Wildman–Crippen MR) is 70.4 cm³/mol. The molecule has 0 saturated heterocycles. The van der Waals surface area contributed by atoms with Crippen LogP contribution in [0.3, 0.4) is 0 Å². The molecule has 1 aromatic carbocycles. The van der Waals surface area contributed by atoms with Crippen molar-refractivity contribution in [1.82, 2.24) is 0 Å². The summed E-state index contributed by atoms with van der Waals surface area (Å²) in [4.78, 5) is 12.3. The van der Waals surface area contributed by atoms with E-state index in [9.17, 15) is 10.1 Å². The van der Waals surface area contributed by atoms with Crippen molar-refractivity contribution < 1.29 is 9.53 Å². The van der Waals surface area contributed by atoms with Crippen LogP contribution in [0.2, 0.25) is 0 Å². The first-order valence-corrected chi connectivity index (χ1v) is 6.04. The van der Waals surface area contributed by atoms with Crippen LogP contribution in [-0.2, 0) is 4.79 Å². The summed E-state index contributed by atoms with van der Waals surface area (Å²) in [5.74, 6) is -0.0128. The average Bonchev–Trinajstić information content (AvgIpc) is 2.40. The van der Waals surface area contributed by atoms with Crippen molar-refractivity contribution in [2.24, 2.45) is 5.41 Å². The third-order valence-corrected chi connectivity index (χ3v) is 3.39. The van der Waals surface area contributed by atoms with Crippen molar-refractivity contribution in [3.8, 4) is 11.8 Å². The van der Waals surface area contributed by atoms with Gasteiger partial charge in [0.05, 0.1) is 13.2 Å². The molecule has 0 aromatic heterocycles. The van der Waals surface area contributed by atoms with Gasteiger partial charge < -0.3 is 4.74 Å². The molecular formula is C15H19NO2. The molecule has 0 bridgehead atoms. The number of hydrogen-bond donors (Lipinski definition) is 0. The predicted octanol–water partition coefficient (Wildman–Crippen LogP) is 3.31. The highest BCUT2D eigenvalue weighted by Gasteiger charge is 2.33. The van der Waals surface area contributed by atoms with Crippen LogP contribution in [0.5, 0.6) is 5.75 Å². The molecule has 0 spiro atoms. The van der Waals surface area contributed by atoms with E-state index < -0.39 is 11.3 Å². The van der Waals surface area contributed by atoms with Gasteiger partial charge in [0.2, 0.25) is 0 Å². The Kier molecular flexibility index (Phi) is 4.49. The number of nitrogens with zero attached hydrogens (tertiary/aromatic N) is 1. The first kappa shape index (κ1) is 14.2. The maximum Gasteiger partial charge on any atom is 0.160 e. The Hall–Kier alpha value is -1.82. The molecule has 0 aliphatic rings. The van der Waals surface area contributed by atoms with E-state index in [1.54, 1.807) is 31.4 Å². The summed E-state index contributed by atoms with van der Waals surface area (Å²) in [6, 6.07) is 9.19. The molecular weight excluding hydrogens is 226 g/mol. The Morgan fingerprint density at radius 1 is 1.39 bits per heavy atom. The second kappa shape index (κ2) is 5.68. The van der Waals surface area contributed by atoms with Crippen molar-refractivity contribution in [3.63, 3.8) is 0 Å². The Labute approximate surface area is 108 Å². The molecule has 0 N–H and O–H groups in total. The van der Waals surface area contributed by atoms with Gasteiger partial charge in [-0.1, -0.05) is 32.9 Å². The molecule has 3 nitrogen and oxygen atoms in total. The molecule has 0 radical (unpaired) electrons. The summed E-state index contributed by atoms with van der Waals surface area (Å²) in [5, 5.41) is 9.23. The smallest absolute Gasteiger partial charge is 0.160 e. The first-order chi connectivity index (χ1) is 8.46. The third kappa shape index (κ3) is 2.89. The van der Waals surface area contributed by atoms with Crippen LogP contribution in [0, 0.1) is 16.7 Å².